The predicted octanol–water partition coefficient (Wildman–Crippen LogP) is 2.16. The van der Waals surface area contributed by atoms with E-state index >= 15 is 0 Å². The molecule has 108 valence electrons. The second kappa shape index (κ2) is 6.28. The van der Waals surface area contributed by atoms with Gasteiger partial charge in [-0.1, -0.05) is 11.6 Å². The molecule has 0 aliphatic heterocycles. The molecular formula is C13H17ClN4OS. The molecule has 0 aliphatic rings. The molecule has 1 amide bonds. The Morgan fingerprint density at radius 2 is 2.25 bits per heavy atom. The zero-order chi connectivity index (χ0) is 14.7. The normalized spacial score (nSPS) is 10.8. The van der Waals surface area contributed by atoms with Gasteiger partial charge in [0.1, 0.15) is 6.54 Å². The fourth-order valence-corrected chi connectivity index (χ4v) is 2.95. The molecule has 0 unspecified atom stereocenters. The molecule has 0 fully saturated rings. The van der Waals surface area contributed by atoms with Gasteiger partial charge in [0.05, 0.1) is 21.4 Å². The fourth-order valence-electron chi connectivity index (χ4n) is 1.87. The van der Waals surface area contributed by atoms with Crippen LogP contribution in [0.5, 0.6) is 0 Å². The van der Waals surface area contributed by atoms with E-state index in [1.165, 1.54) is 11.3 Å². The van der Waals surface area contributed by atoms with E-state index in [-0.39, 0.29) is 12.5 Å². The summed E-state index contributed by atoms with van der Waals surface area (Å²) in [6.45, 7) is 4.47. The second-order valence-corrected chi connectivity index (χ2v) is 6.35. The molecule has 0 atom stereocenters. The Kier molecular flexibility index (Phi) is 4.67. The van der Waals surface area contributed by atoms with Crippen LogP contribution >= 0.6 is 22.9 Å². The number of nitrogen functional groups attached to an aromatic ring is 1. The minimum absolute atomic E-state index is 0.0711. The Bertz CT molecular complexity index is 620. The van der Waals surface area contributed by atoms with Crippen LogP contribution in [0.4, 0.5) is 5.69 Å². The van der Waals surface area contributed by atoms with Gasteiger partial charge < -0.3 is 11.1 Å². The molecule has 0 saturated heterocycles. The highest BCUT2D eigenvalue weighted by Crippen LogP contribution is 2.21. The first kappa shape index (κ1) is 14.9. The molecule has 2 heterocycles. The first-order valence-electron chi connectivity index (χ1n) is 6.27. The number of anilines is 1. The van der Waals surface area contributed by atoms with Gasteiger partial charge in [0.15, 0.2) is 0 Å². The van der Waals surface area contributed by atoms with Crippen LogP contribution in [-0.4, -0.2) is 22.2 Å². The van der Waals surface area contributed by atoms with E-state index in [1.807, 2.05) is 26.0 Å². The van der Waals surface area contributed by atoms with Crippen molar-refractivity contribution in [3.05, 3.63) is 32.7 Å². The molecule has 3 N–H and O–H groups in total. The van der Waals surface area contributed by atoms with Crippen LogP contribution in [0.15, 0.2) is 12.1 Å². The highest BCUT2D eigenvalue weighted by atomic mass is 35.5. The third kappa shape index (κ3) is 3.52. The molecule has 2 aromatic heterocycles. The quantitative estimate of drug-likeness (QED) is 0.888. The van der Waals surface area contributed by atoms with Gasteiger partial charge in [-0.05, 0) is 32.4 Å². The number of aromatic nitrogens is 2. The van der Waals surface area contributed by atoms with Gasteiger partial charge in [-0.3, -0.25) is 9.48 Å². The zero-order valence-electron chi connectivity index (χ0n) is 11.4. The molecule has 2 aromatic rings. The summed E-state index contributed by atoms with van der Waals surface area (Å²) in [6, 6.07) is 3.84. The zero-order valence-corrected chi connectivity index (χ0v) is 13.0. The summed E-state index contributed by atoms with van der Waals surface area (Å²) in [5.74, 6) is -0.0711. The monoisotopic (exact) mass is 312 g/mol. The van der Waals surface area contributed by atoms with Crippen LogP contribution in [0.25, 0.3) is 0 Å². The Balaban J connectivity index is 1.82. The number of rotatable bonds is 5. The predicted molar refractivity (Wildman–Crippen MR) is 82.2 cm³/mol. The summed E-state index contributed by atoms with van der Waals surface area (Å²) >= 11 is 7.38. The minimum atomic E-state index is -0.0711. The third-order valence-corrected chi connectivity index (χ3v) is 4.34. The average molecular weight is 313 g/mol. The molecule has 7 heteroatoms. The Labute approximate surface area is 126 Å². The van der Waals surface area contributed by atoms with Crippen molar-refractivity contribution in [3.63, 3.8) is 0 Å². The lowest BCUT2D eigenvalue weighted by Crippen LogP contribution is -2.30. The van der Waals surface area contributed by atoms with Crippen molar-refractivity contribution in [2.75, 3.05) is 12.3 Å². The largest absolute Gasteiger partial charge is 0.396 e. The maximum atomic E-state index is 11.8. The highest BCUT2D eigenvalue weighted by Gasteiger charge is 2.11. The maximum absolute atomic E-state index is 11.8. The van der Waals surface area contributed by atoms with Crippen molar-refractivity contribution in [1.29, 1.82) is 0 Å². The molecule has 0 saturated carbocycles. The smallest absolute Gasteiger partial charge is 0.241 e. The molecule has 0 aromatic carbocycles. The fraction of sp³-hybridized carbons (Fsp3) is 0.385. The van der Waals surface area contributed by atoms with Crippen LogP contribution in [0.1, 0.15) is 16.3 Å². The van der Waals surface area contributed by atoms with Crippen molar-refractivity contribution in [1.82, 2.24) is 15.1 Å². The molecular weight excluding hydrogens is 296 g/mol. The number of nitrogens with zero attached hydrogens (tertiary/aromatic N) is 2. The SMILES string of the molecule is Cc1nn(CC(=O)NCCc2ccc(Cl)s2)c(C)c1N. The number of aryl methyl sites for hydroxylation is 1. The summed E-state index contributed by atoms with van der Waals surface area (Å²) < 4.78 is 2.39. The van der Waals surface area contributed by atoms with Gasteiger partial charge >= 0.3 is 0 Å². The maximum Gasteiger partial charge on any atom is 0.241 e. The van der Waals surface area contributed by atoms with Crippen molar-refractivity contribution in [3.8, 4) is 0 Å². The van der Waals surface area contributed by atoms with E-state index in [9.17, 15) is 4.79 Å². The molecule has 20 heavy (non-hydrogen) atoms. The van der Waals surface area contributed by atoms with E-state index in [1.54, 1.807) is 4.68 Å². The second-order valence-electron chi connectivity index (χ2n) is 4.55. The van der Waals surface area contributed by atoms with Gasteiger partial charge in [-0.2, -0.15) is 5.10 Å². The molecule has 2 rings (SSSR count). The van der Waals surface area contributed by atoms with Crippen molar-refractivity contribution < 1.29 is 4.79 Å². The van der Waals surface area contributed by atoms with E-state index in [0.717, 1.165) is 27.0 Å². The van der Waals surface area contributed by atoms with Crippen molar-refractivity contribution in [2.45, 2.75) is 26.8 Å². The van der Waals surface area contributed by atoms with E-state index < -0.39 is 0 Å². The Morgan fingerprint density at radius 3 is 2.80 bits per heavy atom. The van der Waals surface area contributed by atoms with E-state index in [2.05, 4.69) is 10.4 Å². The van der Waals surface area contributed by atoms with Gasteiger partial charge in [0.2, 0.25) is 5.91 Å². The Morgan fingerprint density at radius 1 is 1.50 bits per heavy atom. The van der Waals surface area contributed by atoms with Gasteiger partial charge in [-0.25, -0.2) is 0 Å². The standard InChI is InChI=1S/C13H17ClN4OS/c1-8-13(15)9(2)18(17-8)7-12(19)16-6-5-10-3-4-11(14)20-10/h3-4H,5-7,15H2,1-2H3,(H,16,19). The number of nitrogens with one attached hydrogen (secondary N) is 1. The summed E-state index contributed by atoms with van der Waals surface area (Å²) in [5.41, 5.74) is 8.05. The van der Waals surface area contributed by atoms with Crippen LogP contribution in [0.3, 0.4) is 0 Å². The summed E-state index contributed by atoms with van der Waals surface area (Å²) in [6.07, 6.45) is 0.780. The summed E-state index contributed by atoms with van der Waals surface area (Å²) in [4.78, 5) is 13.0. The topological polar surface area (TPSA) is 72.9 Å². The third-order valence-electron chi connectivity index (χ3n) is 3.05. The van der Waals surface area contributed by atoms with E-state index in [4.69, 9.17) is 17.3 Å². The lowest BCUT2D eigenvalue weighted by Gasteiger charge is -2.06. The van der Waals surface area contributed by atoms with Gasteiger partial charge in [-0.15, -0.1) is 11.3 Å². The molecule has 0 aliphatic carbocycles. The molecule has 0 bridgehead atoms. The average Bonchev–Trinajstić information content (AvgIpc) is 2.90. The number of carbonyl (C=O) groups is 1. The molecule has 0 radical (unpaired) electrons. The van der Waals surface area contributed by atoms with Crippen molar-refractivity contribution >= 4 is 34.5 Å². The summed E-state index contributed by atoms with van der Waals surface area (Å²) in [7, 11) is 0. The van der Waals surface area contributed by atoms with Crippen molar-refractivity contribution in [2.24, 2.45) is 0 Å². The van der Waals surface area contributed by atoms with E-state index in [0.29, 0.717) is 12.2 Å². The first-order valence-corrected chi connectivity index (χ1v) is 7.47. The number of thiophene rings is 1. The number of amides is 1. The summed E-state index contributed by atoms with van der Waals surface area (Å²) in [5, 5.41) is 7.10. The van der Waals surface area contributed by atoms with Crippen LogP contribution in [-0.2, 0) is 17.8 Å². The van der Waals surface area contributed by atoms with Crippen LogP contribution < -0.4 is 11.1 Å². The number of hydrogen-bond acceptors (Lipinski definition) is 4. The number of nitrogens with two attached hydrogens (primary N) is 1. The lowest BCUT2D eigenvalue weighted by molar-refractivity contribution is -0.121. The lowest BCUT2D eigenvalue weighted by atomic mass is 10.3. The first-order chi connectivity index (χ1) is 9.47. The molecule has 0 spiro atoms. The number of carbonyl (C=O) groups excluding carboxylic acids is 1. The number of halogens is 1. The Hall–Kier alpha value is -1.53. The van der Waals surface area contributed by atoms with Crippen LogP contribution in [0, 0.1) is 13.8 Å². The van der Waals surface area contributed by atoms with Gasteiger partial charge in [0.25, 0.3) is 0 Å². The number of hydrogen-bond donors (Lipinski definition) is 2. The minimum Gasteiger partial charge on any atom is -0.396 e. The van der Waals surface area contributed by atoms with Gasteiger partial charge in [0, 0.05) is 11.4 Å². The highest BCUT2D eigenvalue weighted by molar-refractivity contribution is 7.16. The molecule has 5 nitrogen and oxygen atoms in total. The van der Waals surface area contributed by atoms with Crippen LogP contribution in [0.2, 0.25) is 4.34 Å².